The summed E-state index contributed by atoms with van der Waals surface area (Å²) in [4.78, 5) is 4.59. The third-order valence-corrected chi connectivity index (χ3v) is 4.98. The molecule has 0 aliphatic carbocycles. The minimum Gasteiger partial charge on any atom is -0.340 e. The average molecular weight is 557 g/mol. The third kappa shape index (κ3) is 3.31. The number of rotatable bonds is 3. The maximum absolute atomic E-state index is 4.59. The quantitative estimate of drug-likeness (QED) is 0.303. The molecule has 0 bridgehead atoms. The van der Waals surface area contributed by atoms with Gasteiger partial charge in [0.2, 0.25) is 0 Å². The number of imidazole rings is 1. The first-order chi connectivity index (χ1) is 13.7. The van der Waals surface area contributed by atoms with Crippen molar-refractivity contribution in [3.05, 3.63) is 90.5 Å². The van der Waals surface area contributed by atoms with Gasteiger partial charge in [-0.1, -0.05) is 36.4 Å². The largest absolute Gasteiger partial charge is 0.340 e. The minimum atomic E-state index is 0. The molecule has 0 aliphatic heterocycles. The first kappa shape index (κ1) is 19.2. The van der Waals surface area contributed by atoms with E-state index in [0.29, 0.717) is 0 Å². The van der Waals surface area contributed by atoms with E-state index in [1.165, 1.54) is 11.1 Å². The van der Waals surface area contributed by atoms with Crippen LogP contribution in [0.15, 0.2) is 73.3 Å². The Morgan fingerprint density at radius 2 is 1.62 bits per heavy atom. The van der Waals surface area contributed by atoms with Gasteiger partial charge in [-0.25, -0.2) is 0 Å². The van der Waals surface area contributed by atoms with Crippen molar-refractivity contribution in [1.29, 1.82) is 0 Å². The van der Waals surface area contributed by atoms with Crippen molar-refractivity contribution in [2.24, 2.45) is 0 Å². The summed E-state index contributed by atoms with van der Waals surface area (Å²) in [5.41, 5.74) is 7.30. The van der Waals surface area contributed by atoms with Gasteiger partial charge in [-0.3, -0.25) is 4.98 Å². The number of fused-ring (bicyclic) bond motifs is 1. The van der Waals surface area contributed by atoms with E-state index in [-0.39, 0.29) is 20.1 Å². The second-order valence-electron chi connectivity index (χ2n) is 6.83. The fourth-order valence-corrected chi connectivity index (χ4v) is 3.64. The molecule has 5 aromatic rings. The topological polar surface area (TPSA) is 48.5 Å². The van der Waals surface area contributed by atoms with Crippen molar-refractivity contribution < 1.29 is 20.1 Å². The average Bonchev–Trinajstić information content (AvgIpc) is 3.35. The van der Waals surface area contributed by atoms with Gasteiger partial charge >= 0.3 is 0 Å². The summed E-state index contributed by atoms with van der Waals surface area (Å²) in [7, 11) is 0. The van der Waals surface area contributed by atoms with Gasteiger partial charge in [-0.15, -0.1) is 28.9 Å². The van der Waals surface area contributed by atoms with Crippen molar-refractivity contribution in [2.75, 3.05) is 0 Å². The predicted octanol–water partition coefficient (Wildman–Crippen LogP) is 4.69. The maximum Gasteiger partial charge on any atom is 0.114 e. The summed E-state index contributed by atoms with van der Waals surface area (Å²) in [6.07, 6.45) is 3.60. The molecule has 2 heterocycles. The van der Waals surface area contributed by atoms with Crippen LogP contribution < -0.4 is 0 Å². The van der Waals surface area contributed by atoms with Gasteiger partial charge in [0.15, 0.2) is 0 Å². The molecule has 0 unspecified atom stereocenters. The molecule has 5 rings (SSSR count). The Kier molecular flexibility index (Phi) is 5.14. The van der Waals surface area contributed by atoms with Gasteiger partial charge < -0.3 is 9.13 Å². The van der Waals surface area contributed by atoms with Gasteiger partial charge in [0, 0.05) is 37.0 Å². The molecule has 6 heteroatoms. The first-order valence-corrected chi connectivity index (χ1v) is 9.13. The van der Waals surface area contributed by atoms with Crippen LogP contribution in [0.1, 0.15) is 11.1 Å². The molecule has 1 radical (unpaired) electrons. The molecule has 0 amide bonds. The van der Waals surface area contributed by atoms with Crippen molar-refractivity contribution in [3.8, 4) is 22.8 Å². The van der Waals surface area contributed by atoms with Gasteiger partial charge in [-0.2, -0.15) is 5.10 Å². The molecule has 145 valence electrons. The van der Waals surface area contributed by atoms with E-state index in [1.54, 1.807) is 6.33 Å². The number of benzene rings is 3. The van der Waals surface area contributed by atoms with Crippen molar-refractivity contribution in [2.45, 2.75) is 13.8 Å². The molecule has 3 aromatic carbocycles. The van der Waals surface area contributed by atoms with Gasteiger partial charge in [0.1, 0.15) is 6.33 Å². The Balaban J connectivity index is 0.00000205. The van der Waals surface area contributed by atoms with Crippen LogP contribution in [0.5, 0.6) is 0 Å². The van der Waals surface area contributed by atoms with E-state index >= 15 is 0 Å². The second-order valence-corrected chi connectivity index (χ2v) is 6.83. The number of aryl methyl sites for hydroxylation is 2. The molecule has 0 saturated heterocycles. The number of para-hydroxylation sites is 2. The fourth-order valence-electron chi connectivity index (χ4n) is 3.64. The smallest absolute Gasteiger partial charge is 0.114 e. The normalized spacial score (nSPS) is 10.8. The van der Waals surface area contributed by atoms with E-state index in [0.717, 1.165) is 33.8 Å². The molecular formula is C23H18IrN5-. The van der Waals surface area contributed by atoms with Gasteiger partial charge in [0.25, 0.3) is 0 Å². The molecule has 2 aromatic heterocycles. The minimum absolute atomic E-state index is 0. The van der Waals surface area contributed by atoms with Crippen LogP contribution in [-0.4, -0.2) is 24.3 Å². The van der Waals surface area contributed by atoms with Crippen molar-refractivity contribution >= 4 is 11.0 Å². The van der Waals surface area contributed by atoms with E-state index in [2.05, 4.69) is 70.0 Å². The molecular weight excluding hydrogens is 539 g/mol. The fraction of sp³-hybridized carbons (Fsp3) is 0.0870. The SMILES string of the molecule is Cc1cccc(C)c1-n1cnnc1-c1[c-]cc2c(c1)ncn2-c1ccccc1.[Ir]. The molecule has 0 atom stereocenters. The van der Waals surface area contributed by atoms with Crippen LogP contribution in [0.25, 0.3) is 33.8 Å². The van der Waals surface area contributed by atoms with Crippen LogP contribution in [0, 0.1) is 19.9 Å². The van der Waals surface area contributed by atoms with Crippen LogP contribution in [0.4, 0.5) is 0 Å². The molecule has 5 nitrogen and oxygen atoms in total. The molecule has 29 heavy (non-hydrogen) atoms. The molecule has 0 saturated carbocycles. The summed E-state index contributed by atoms with van der Waals surface area (Å²) >= 11 is 0. The van der Waals surface area contributed by atoms with E-state index in [9.17, 15) is 0 Å². The van der Waals surface area contributed by atoms with Gasteiger partial charge in [-0.05, 0) is 42.6 Å². The van der Waals surface area contributed by atoms with Crippen LogP contribution in [0.2, 0.25) is 0 Å². The van der Waals surface area contributed by atoms with E-state index < -0.39 is 0 Å². The summed E-state index contributed by atoms with van der Waals surface area (Å²) in [5, 5.41) is 8.52. The van der Waals surface area contributed by atoms with Crippen molar-refractivity contribution in [1.82, 2.24) is 24.3 Å². The summed E-state index contributed by atoms with van der Waals surface area (Å²) in [6.45, 7) is 4.20. The zero-order valence-corrected chi connectivity index (χ0v) is 18.4. The Labute approximate surface area is 182 Å². The van der Waals surface area contributed by atoms with Crippen molar-refractivity contribution in [3.63, 3.8) is 0 Å². The summed E-state index contributed by atoms with van der Waals surface area (Å²) in [6, 6.07) is 23.8. The first-order valence-electron chi connectivity index (χ1n) is 9.13. The molecule has 0 fully saturated rings. The zero-order chi connectivity index (χ0) is 19.1. The van der Waals surface area contributed by atoms with Crippen LogP contribution >= 0.6 is 0 Å². The Morgan fingerprint density at radius 3 is 2.38 bits per heavy atom. The van der Waals surface area contributed by atoms with E-state index in [1.807, 2.05) is 41.2 Å². The summed E-state index contributed by atoms with van der Waals surface area (Å²) < 4.78 is 4.09. The second kappa shape index (κ2) is 7.74. The maximum atomic E-state index is 4.59. The Morgan fingerprint density at radius 1 is 0.862 bits per heavy atom. The van der Waals surface area contributed by atoms with Crippen LogP contribution in [0.3, 0.4) is 0 Å². The number of hydrogen-bond donors (Lipinski definition) is 0. The van der Waals surface area contributed by atoms with Crippen LogP contribution in [-0.2, 0) is 20.1 Å². The zero-order valence-electron chi connectivity index (χ0n) is 16.0. The summed E-state index contributed by atoms with van der Waals surface area (Å²) in [5.74, 6) is 0.758. The number of nitrogens with zero attached hydrogens (tertiary/aromatic N) is 5. The number of hydrogen-bond acceptors (Lipinski definition) is 3. The predicted molar refractivity (Wildman–Crippen MR) is 110 cm³/mol. The molecule has 0 spiro atoms. The van der Waals surface area contributed by atoms with E-state index in [4.69, 9.17) is 0 Å². The molecule has 0 N–H and O–H groups in total. The van der Waals surface area contributed by atoms with Gasteiger partial charge in [0.05, 0.1) is 12.2 Å². The standard InChI is InChI=1S/C23H18N5.Ir/c1-16-7-6-8-17(2)22(16)28-15-25-26-23(28)18-11-12-21-20(13-18)24-14-27(21)19-9-4-3-5-10-19;/h3-10,12-15H,1-2H3;/q-1;. The Hall–Kier alpha value is -3.08. The Bertz CT molecular complexity index is 1270. The third-order valence-electron chi connectivity index (χ3n) is 4.98. The monoisotopic (exact) mass is 557 g/mol. The number of aromatic nitrogens is 5. The molecule has 0 aliphatic rings.